The summed E-state index contributed by atoms with van der Waals surface area (Å²) in [6, 6.07) is 28.3. The lowest BCUT2D eigenvalue weighted by Gasteiger charge is -2.15. The molecule has 0 aliphatic rings. The van der Waals surface area contributed by atoms with Crippen LogP contribution in [0.15, 0.2) is 96.2 Å². The van der Waals surface area contributed by atoms with Crippen LogP contribution in [0.25, 0.3) is 0 Å². The number of carbonyl (C=O) groups excluding carboxylic acids is 1. The van der Waals surface area contributed by atoms with Gasteiger partial charge in [-0.25, -0.2) is 14.9 Å². The van der Waals surface area contributed by atoms with Crippen molar-refractivity contribution in [3.05, 3.63) is 125 Å². The molecular weight excluding hydrogens is 480 g/mol. The van der Waals surface area contributed by atoms with Gasteiger partial charge in [0.2, 0.25) is 0 Å². The van der Waals surface area contributed by atoms with Crippen LogP contribution in [0.4, 0.5) is 4.79 Å². The van der Waals surface area contributed by atoms with Gasteiger partial charge in [0.05, 0.1) is 19.1 Å². The minimum absolute atomic E-state index is 0.00129. The molecule has 0 fully saturated rings. The first-order valence-corrected chi connectivity index (χ1v) is 12.4. The van der Waals surface area contributed by atoms with Crippen LogP contribution in [0.3, 0.4) is 0 Å². The van der Waals surface area contributed by atoms with Gasteiger partial charge in [0.1, 0.15) is 5.71 Å². The van der Waals surface area contributed by atoms with Crippen molar-refractivity contribution in [3.8, 4) is 0 Å². The number of nitrogens with one attached hydrogen (secondary N) is 3. The molecule has 192 valence electrons. The minimum atomic E-state index is -0.643. The number of hydrazone groups is 1. The molecule has 3 N–H and O–H groups in total. The fourth-order valence-corrected chi connectivity index (χ4v) is 4.33. The van der Waals surface area contributed by atoms with Gasteiger partial charge in [-0.15, -0.1) is 5.10 Å². The summed E-state index contributed by atoms with van der Waals surface area (Å²) in [6.07, 6.45) is 1.64. The molecule has 0 saturated heterocycles. The lowest BCUT2D eigenvalue weighted by Crippen LogP contribution is -2.24. The number of aromatic nitrogens is 6. The quantitative estimate of drug-likeness (QED) is 0.192. The van der Waals surface area contributed by atoms with E-state index in [0.717, 1.165) is 28.2 Å². The van der Waals surface area contributed by atoms with Crippen molar-refractivity contribution in [1.82, 2.24) is 35.6 Å². The highest BCUT2D eigenvalue weighted by atomic mass is 16.5. The summed E-state index contributed by atoms with van der Waals surface area (Å²) < 4.78 is 6.65. The maximum absolute atomic E-state index is 12.0. The Kier molecular flexibility index (Phi) is 7.69. The molecule has 1 atom stereocenters. The van der Waals surface area contributed by atoms with Crippen molar-refractivity contribution in [2.45, 2.75) is 25.8 Å². The second-order valence-electron chi connectivity index (χ2n) is 8.62. The molecule has 0 aliphatic carbocycles. The van der Waals surface area contributed by atoms with Crippen LogP contribution in [-0.2, 0) is 17.7 Å². The Morgan fingerprint density at radius 2 is 1.79 bits per heavy atom. The number of hydrogen-bond acceptors (Lipinski definition) is 6. The van der Waals surface area contributed by atoms with Crippen LogP contribution >= 0.6 is 0 Å². The smallest absolute Gasteiger partial charge is 0.427 e. The van der Waals surface area contributed by atoms with Crippen molar-refractivity contribution >= 4 is 11.8 Å². The summed E-state index contributed by atoms with van der Waals surface area (Å²) >= 11 is 0. The maximum Gasteiger partial charge on any atom is 0.427 e. The topological polar surface area (TPSA) is 126 Å². The summed E-state index contributed by atoms with van der Waals surface area (Å²) in [6.45, 7) is 2.43. The minimum Gasteiger partial charge on any atom is -0.449 e. The van der Waals surface area contributed by atoms with Crippen LogP contribution in [0.1, 0.15) is 46.9 Å². The predicted molar refractivity (Wildman–Crippen MR) is 143 cm³/mol. The van der Waals surface area contributed by atoms with Crippen molar-refractivity contribution < 1.29 is 9.53 Å². The van der Waals surface area contributed by atoms with Gasteiger partial charge in [0.15, 0.2) is 5.82 Å². The number of carbonyl (C=O) groups is 1. The van der Waals surface area contributed by atoms with E-state index >= 15 is 0 Å². The van der Waals surface area contributed by atoms with Gasteiger partial charge in [-0.2, -0.15) is 5.10 Å². The summed E-state index contributed by atoms with van der Waals surface area (Å²) in [5.74, 6) is 0.451. The number of benzene rings is 2. The molecule has 0 bridgehead atoms. The van der Waals surface area contributed by atoms with Crippen LogP contribution < -0.4 is 5.43 Å². The Bertz CT molecular complexity index is 1470. The van der Waals surface area contributed by atoms with Crippen molar-refractivity contribution in [3.63, 3.8) is 0 Å². The Balaban J connectivity index is 1.45. The van der Waals surface area contributed by atoms with E-state index in [1.54, 1.807) is 11.6 Å². The van der Waals surface area contributed by atoms with Gasteiger partial charge in [-0.05, 0) is 52.7 Å². The maximum atomic E-state index is 12.0. The molecule has 3 heterocycles. The van der Waals surface area contributed by atoms with Gasteiger partial charge >= 0.3 is 6.09 Å². The van der Waals surface area contributed by atoms with E-state index in [0.29, 0.717) is 24.5 Å². The van der Waals surface area contributed by atoms with Crippen LogP contribution in [0.2, 0.25) is 0 Å². The molecule has 0 spiro atoms. The van der Waals surface area contributed by atoms with Crippen LogP contribution in [0, 0.1) is 0 Å². The molecule has 5 aromatic rings. The van der Waals surface area contributed by atoms with Crippen LogP contribution in [0.5, 0.6) is 0 Å². The SMILES string of the molecule is CCOC(=O)N/N=C(/Cc1ccc(C(c2ccccc2)c2ccc[nH]2)[nH]1)c1nnnn1Cc1ccccc1. The second kappa shape index (κ2) is 11.8. The summed E-state index contributed by atoms with van der Waals surface area (Å²) in [5, 5.41) is 16.6. The molecular formula is C28H28N8O2. The zero-order valence-electron chi connectivity index (χ0n) is 20.9. The van der Waals surface area contributed by atoms with Crippen molar-refractivity contribution in [2.75, 3.05) is 6.61 Å². The summed E-state index contributed by atoms with van der Waals surface area (Å²) in [7, 11) is 0. The Labute approximate surface area is 219 Å². The fourth-order valence-electron chi connectivity index (χ4n) is 4.33. The van der Waals surface area contributed by atoms with Crippen molar-refractivity contribution in [1.29, 1.82) is 0 Å². The van der Waals surface area contributed by atoms with E-state index in [4.69, 9.17) is 4.74 Å². The standard InChI is InChI=1S/C28H28N8O2/c1-2-38-28(37)33-31-25(27-32-34-35-36(27)19-20-10-5-3-6-11-20)18-22-15-16-24(30-22)26(23-14-9-17-29-23)21-12-7-4-8-13-21/h3-17,26,29-30H,2,18-19H2,1H3,(H,33,37)/b31-25-. The first kappa shape index (κ1) is 24.7. The first-order valence-electron chi connectivity index (χ1n) is 12.4. The molecule has 3 aromatic heterocycles. The molecule has 1 unspecified atom stereocenters. The van der Waals surface area contributed by atoms with E-state index in [9.17, 15) is 4.79 Å². The number of tetrazole rings is 1. The average molecular weight is 509 g/mol. The number of nitrogens with zero attached hydrogens (tertiary/aromatic N) is 5. The average Bonchev–Trinajstić information content (AvgIpc) is 3.72. The van der Waals surface area contributed by atoms with E-state index in [2.05, 4.69) is 60.3 Å². The zero-order valence-corrected chi connectivity index (χ0v) is 20.9. The van der Waals surface area contributed by atoms with Gasteiger partial charge < -0.3 is 14.7 Å². The normalized spacial score (nSPS) is 12.3. The lowest BCUT2D eigenvalue weighted by atomic mass is 9.93. The number of H-pyrrole nitrogens is 2. The highest BCUT2D eigenvalue weighted by molar-refractivity contribution is 5.99. The molecule has 0 radical (unpaired) electrons. The monoisotopic (exact) mass is 508 g/mol. The molecule has 0 saturated carbocycles. The summed E-state index contributed by atoms with van der Waals surface area (Å²) in [5.41, 5.74) is 8.15. The van der Waals surface area contributed by atoms with Gasteiger partial charge in [0.25, 0.3) is 0 Å². The number of aromatic amines is 2. The Hall–Kier alpha value is -4.99. The second-order valence-corrected chi connectivity index (χ2v) is 8.62. The Morgan fingerprint density at radius 3 is 2.53 bits per heavy atom. The zero-order chi connectivity index (χ0) is 26.2. The Morgan fingerprint density at radius 1 is 1.00 bits per heavy atom. The molecule has 10 heteroatoms. The van der Waals surface area contributed by atoms with Gasteiger partial charge in [-0.3, -0.25) is 0 Å². The number of amides is 1. The van der Waals surface area contributed by atoms with E-state index < -0.39 is 6.09 Å². The fraction of sp³-hybridized carbons (Fsp3) is 0.179. The van der Waals surface area contributed by atoms with E-state index in [-0.39, 0.29) is 12.5 Å². The number of ether oxygens (including phenoxy) is 1. The molecule has 38 heavy (non-hydrogen) atoms. The highest BCUT2D eigenvalue weighted by Gasteiger charge is 2.21. The molecule has 0 aliphatic heterocycles. The third-order valence-corrected chi connectivity index (χ3v) is 6.03. The van der Waals surface area contributed by atoms with Gasteiger partial charge in [0, 0.05) is 29.7 Å². The molecule has 2 aromatic carbocycles. The summed E-state index contributed by atoms with van der Waals surface area (Å²) in [4.78, 5) is 18.9. The first-order chi connectivity index (χ1) is 18.7. The van der Waals surface area contributed by atoms with Crippen LogP contribution in [-0.4, -0.2) is 48.6 Å². The third-order valence-electron chi connectivity index (χ3n) is 6.03. The highest BCUT2D eigenvalue weighted by Crippen LogP contribution is 2.30. The van der Waals surface area contributed by atoms with E-state index in [1.165, 1.54) is 0 Å². The molecule has 5 rings (SSSR count). The molecule has 10 nitrogen and oxygen atoms in total. The van der Waals surface area contributed by atoms with Gasteiger partial charge in [-0.1, -0.05) is 60.7 Å². The predicted octanol–water partition coefficient (Wildman–Crippen LogP) is 4.25. The largest absolute Gasteiger partial charge is 0.449 e. The van der Waals surface area contributed by atoms with E-state index in [1.807, 2.05) is 66.9 Å². The number of hydrogen-bond donors (Lipinski definition) is 3. The van der Waals surface area contributed by atoms with Crippen molar-refractivity contribution in [2.24, 2.45) is 5.10 Å². The number of rotatable bonds is 10. The lowest BCUT2D eigenvalue weighted by molar-refractivity contribution is 0.152. The molecule has 1 amide bonds. The third kappa shape index (κ3) is 5.86.